The Balaban J connectivity index is 1.72. The molecule has 0 aliphatic carbocycles. The second-order valence-corrected chi connectivity index (χ2v) is 8.10. The number of imide groups is 1. The van der Waals surface area contributed by atoms with E-state index in [1.165, 1.54) is 32.4 Å². The quantitative estimate of drug-likeness (QED) is 0.524. The number of amides is 2. The monoisotopic (exact) mass is 458 g/mol. The maximum Gasteiger partial charge on any atom is 0.282 e. The molecule has 0 radical (unpaired) electrons. The van der Waals surface area contributed by atoms with E-state index in [0.29, 0.717) is 23.6 Å². The van der Waals surface area contributed by atoms with Crippen LogP contribution < -0.4 is 19.3 Å². The van der Waals surface area contributed by atoms with E-state index in [-0.39, 0.29) is 17.0 Å². The number of anilines is 2. The van der Waals surface area contributed by atoms with Gasteiger partial charge in [-0.3, -0.25) is 9.59 Å². The van der Waals surface area contributed by atoms with Crippen molar-refractivity contribution in [3.63, 3.8) is 0 Å². The summed E-state index contributed by atoms with van der Waals surface area (Å²) >= 11 is 0. The summed E-state index contributed by atoms with van der Waals surface area (Å²) in [7, 11) is 3.04. The fraction of sp³-hybridized carbons (Fsp3) is 0.185. The first kappa shape index (κ1) is 21.7. The van der Waals surface area contributed by atoms with Gasteiger partial charge in [-0.15, -0.1) is 0 Å². The summed E-state index contributed by atoms with van der Waals surface area (Å²) in [5, 5.41) is 0. The van der Waals surface area contributed by atoms with Crippen LogP contribution in [0.1, 0.15) is 17.5 Å². The normalized spacial score (nSPS) is 15.6. The summed E-state index contributed by atoms with van der Waals surface area (Å²) < 4.78 is 24.8. The van der Waals surface area contributed by atoms with Crippen molar-refractivity contribution in [2.75, 3.05) is 30.6 Å². The van der Waals surface area contributed by atoms with E-state index in [2.05, 4.69) is 0 Å². The number of fused-ring (bicyclic) bond motifs is 1. The number of halogens is 1. The average Bonchev–Trinajstić information content (AvgIpc) is 3.12. The molecule has 2 amide bonds. The number of carbonyl (C=O) groups excluding carboxylic acids is 2. The Kier molecular flexibility index (Phi) is 5.53. The van der Waals surface area contributed by atoms with Gasteiger partial charge >= 0.3 is 0 Å². The molecule has 5 rings (SSSR count). The molecule has 172 valence electrons. The van der Waals surface area contributed by atoms with Crippen LogP contribution in [0.5, 0.6) is 11.5 Å². The van der Waals surface area contributed by atoms with E-state index >= 15 is 0 Å². The highest BCUT2D eigenvalue weighted by molar-refractivity contribution is 6.46. The number of rotatable bonds is 5. The van der Waals surface area contributed by atoms with Gasteiger partial charge in [0.25, 0.3) is 11.8 Å². The summed E-state index contributed by atoms with van der Waals surface area (Å²) in [6.45, 7) is 0.582. The Morgan fingerprint density at radius 1 is 0.853 bits per heavy atom. The second-order valence-electron chi connectivity index (χ2n) is 8.10. The number of methoxy groups -OCH3 is 2. The second kappa shape index (κ2) is 8.67. The number of benzene rings is 3. The molecule has 0 fully saturated rings. The van der Waals surface area contributed by atoms with Crippen molar-refractivity contribution in [3.8, 4) is 11.5 Å². The summed E-state index contributed by atoms with van der Waals surface area (Å²) in [6.07, 6.45) is 1.72. The number of para-hydroxylation sites is 1. The Morgan fingerprint density at radius 2 is 1.65 bits per heavy atom. The third-order valence-corrected chi connectivity index (χ3v) is 6.18. The molecule has 0 atom stereocenters. The molecule has 3 aromatic rings. The lowest BCUT2D eigenvalue weighted by atomic mass is 9.98. The van der Waals surface area contributed by atoms with Crippen LogP contribution in [0.15, 0.2) is 72.4 Å². The largest absolute Gasteiger partial charge is 0.493 e. The van der Waals surface area contributed by atoms with Crippen LogP contribution in [-0.4, -0.2) is 32.6 Å². The molecule has 0 unspecified atom stereocenters. The number of hydrogen-bond acceptors (Lipinski definition) is 5. The molecular formula is C27H23FN2O4. The minimum Gasteiger partial charge on any atom is -0.493 e. The van der Waals surface area contributed by atoms with Gasteiger partial charge in [0.15, 0.2) is 11.5 Å². The van der Waals surface area contributed by atoms with Crippen LogP contribution in [0, 0.1) is 5.82 Å². The standard InChI is InChI=1S/C27H23FN2O4/c1-33-22-13-12-18(15-23(22)34-2)24-25(29-14-6-8-17-7-3-4-11-21(17)29)27(32)30(26(24)31)20-10-5-9-19(28)16-20/h3-5,7,9-13,15-16H,6,8,14H2,1-2H3. The van der Waals surface area contributed by atoms with E-state index in [4.69, 9.17) is 9.47 Å². The molecule has 6 nitrogen and oxygen atoms in total. The predicted molar refractivity (Wildman–Crippen MR) is 127 cm³/mol. The van der Waals surface area contributed by atoms with Gasteiger partial charge in [-0.05, 0) is 60.4 Å². The Hall–Kier alpha value is -4.13. The topological polar surface area (TPSA) is 59.1 Å². The van der Waals surface area contributed by atoms with Gasteiger partial charge in [-0.25, -0.2) is 9.29 Å². The minimum atomic E-state index is -0.525. The molecule has 0 saturated carbocycles. The fourth-order valence-corrected chi connectivity index (χ4v) is 4.64. The highest BCUT2D eigenvalue weighted by Crippen LogP contribution is 2.41. The zero-order chi connectivity index (χ0) is 23.8. The first-order valence-corrected chi connectivity index (χ1v) is 11.0. The van der Waals surface area contributed by atoms with E-state index in [1.54, 1.807) is 24.3 Å². The van der Waals surface area contributed by atoms with Crippen LogP contribution in [0.25, 0.3) is 5.57 Å². The van der Waals surface area contributed by atoms with Crippen LogP contribution >= 0.6 is 0 Å². The molecule has 0 saturated heterocycles. The fourth-order valence-electron chi connectivity index (χ4n) is 4.64. The number of hydrogen-bond donors (Lipinski definition) is 0. The molecule has 34 heavy (non-hydrogen) atoms. The van der Waals surface area contributed by atoms with Crippen LogP contribution in [0.3, 0.4) is 0 Å². The molecule has 7 heteroatoms. The molecule has 2 aliphatic rings. The van der Waals surface area contributed by atoms with Gasteiger partial charge in [0, 0.05) is 12.2 Å². The van der Waals surface area contributed by atoms with Gasteiger partial charge in [0.1, 0.15) is 11.5 Å². The van der Waals surface area contributed by atoms with Crippen molar-refractivity contribution >= 4 is 28.8 Å². The lowest BCUT2D eigenvalue weighted by molar-refractivity contribution is -0.120. The van der Waals surface area contributed by atoms with E-state index < -0.39 is 17.6 Å². The number of nitrogens with zero attached hydrogens (tertiary/aromatic N) is 2. The van der Waals surface area contributed by atoms with E-state index in [1.807, 2.05) is 29.2 Å². The average molecular weight is 458 g/mol. The zero-order valence-electron chi connectivity index (χ0n) is 18.9. The summed E-state index contributed by atoms with van der Waals surface area (Å²) in [5.41, 5.74) is 3.23. The molecule has 0 spiro atoms. The molecular weight excluding hydrogens is 435 g/mol. The Morgan fingerprint density at radius 3 is 2.41 bits per heavy atom. The van der Waals surface area contributed by atoms with Crippen molar-refractivity contribution in [2.45, 2.75) is 12.8 Å². The maximum atomic E-state index is 14.0. The van der Waals surface area contributed by atoms with Crippen molar-refractivity contribution in [3.05, 3.63) is 89.4 Å². The molecule has 2 aliphatic heterocycles. The predicted octanol–water partition coefficient (Wildman–Crippen LogP) is 4.58. The van der Waals surface area contributed by atoms with Crippen molar-refractivity contribution in [2.24, 2.45) is 0 Å². The third kappa shape index (κ3) is 3.50. The molecule has 0 N–H and O–H groups in total. The molecule has 2 heterocycles. The summed E-state index contributed by atoms with van der Waals surface area (Å²) in [4.78, 5) is 30.5. The smallest absolute Gasteiger partial charge is 0.282 e. The van der Waals surface area contributed by atoms with Gasteiger partial charge in [0.05, 0.1) is 25.5 Å². The highest BCUT2D eigenvalue weighted by Gasteiger charge is 2.43. The van der Waals surface area contributed by atoms with Crippen molar-refractivity contribution in [1.82, 2.24) is 0 Å². The van der Waals surface area contributed by atoms with Gasteiger partial charge in [0.2, 0.25) is 0 Å². The molecule has 0 aromatic heterocycles. The first-order valence-electron chi connectivity index (χ1n) is 11.0. The maximum absolute atomic E-state index is 14.0. The van der Waals surface area contributed by atoms with Gasteiger partial charge in [-0.1, -0.05) is 30.3 Å². The zero-order valence-corrected chi connectivity index (χ0v) is 18.9. The van der Waals surface area contributed by atoms with Gasteiger partial charge < -0.3 is 14.4 Å². The summed E-state index contributed by atoms with van der Waals surface area (Å²) in [6, 6.07) is 18.5. The van der Waals surface area contributed by atoms with Gasteiger partial charge in [-0.2, -0.15) is 0 Å². The molecule has 3 aromatic carbocycles. The lowest BCUT2D eigenvalue weighted by Gasteiger charge is -2.32. The Labute approximate surface area is 196 Å². The number of carbonyl (C=O) groups is 2. The molecule has 0 bridgehead atoms. The van der Waals surface area contributed by atoms with Crippen LogP contribution in [0.4, 0.5) is 15.8 Å². The first-order chi connectivity index (χ1) is 16.5. The van der Waals surface area contributed by atoms with Crippen molar-refractivity contribution in [1.29, 1.82) is 0 Å². The van der Waals surface area contributed by atoms with Crippen LogP contribution in [-0.2, 0) is 16.0 Å². The SMILES string of the molecule is COc1ccc(C2=C(N3CCCc4ccccc43)C(=O)N(c3cccc(F)c3)C2=O)cc1OC. The highest BCUT2D eigenvalue weighted by atomic mass is 19.1. The Bertz CT molecular complexity index is 1330. The summed E-state index contributed by atoms with van der Waals surface area (Å²) in [5.74, 6) is -0.577. The third-order valence-electron chi connectivity index (χ3n) is 6.18. The van der Waals surface area contributed by atoms with Crippen molar-refractivity contribution < 1.29 is 23.5 Å². The number of aryl methyl sites for hydroxylation is 1. The van der Waals surface area contributed by atoms with E-state index in [0.717, 1.165) is 29.0 Å². The number of ether oxygens (including phenoxy) is 2. The minimum absolute atomic E-state index is 0.188. The van der Waals surface area contributed by atoms with E-state index in [9.17, 15) is 14.0 Å². The lowest BCUT2D eigenvalue weighted by Crippen LogP contribution is -2.37. The van der Waals surface area contributed by atoms with Crippen LogP contribution in [0.2, 0.25) is 0 Å².